The molecular weight excluding hydrogens is 332 g/mol. The first kappa shape index (κ1) is 19.1. The van der Waals surface area contributed by atoms with Gasteiger partial charge in [0, 0.05) is 6.54 Å². The van der Waals surface area contributed by atoms with Gasteiger partial charge in [0.15, 0.2) is 0 Å². The van der Waals surface area contributed by atoms with Gasteiger partial charge in [-0.2, -0.15) is 0 Å². The summed E-state index contributed by atoms with van der Waals surface area (Å²) in [7, 11) is 0. The Kier molecular flexibility index (Phi) is 7.54. The monoisotopic (exact) mass is 356 g/mol. The second-order valence-electron chi connectivity index (χ2n) is 5.70. The fourth-order valence-corrected chi connectivity index (χ4v) is 3.58. The van der Waals surface area contributed by atoms with Gasteiger partial charge < -0.3 is 10.6 Å². The van der Waals surface area contributed by atoms with Gasteiger partial charge in [0.25, 0.3) is 0 Å². The fraction of sp³-hybridized carbons (Fsp3) is 0.300. The number of hydrogen-bond donors (Lipinski definition) is 2. The van der Waals surface area contributed by atoms with E-state index < -0.39 is 6.04 Å². The van der Waals surface area contributed by atoms with Crippen molar-refractivity contribution in [1.29, 1.82) is 0 Å². The number of hydrogen-bond acceptors (Lipinski definition) is 3. The molecule has 2 N–H and O–H groups in total. The highest BCUT2D eigenvalue weighted by molar-refractivity contribution is 8.00. The Morgan fingerprint density at radius 3 is 1.96 bits per heavy atom. The molecule has 4 nitrogen and oxygen atoms in total. The van der Waals surface area contributed by atoms with Crippen LogP contribution >= 0.6 is 11.8 Å². The van der Waals surface area contributed by atoms with Gasteiger partial charge in [-0.15, -0.1) is 11.8 Å². The van der Waals surface area contributed by atoms with Crippen molar-refractivity contribution in [2.45, 2.75) is 25.1 Å². The fourth-order valence-electron chi connectivity index (χ4n) is 2.48. The van der Waals surface area contributed by atoms with Crippen molar-refractivity contribution in [2.75, 3.05) is 12.3 Å². The number of rotatable bonds is 8. The first-order valence-electron chi connectivity index (χ1n) is 8.40. The summed E-state index contributed by atoms with van der Waals surface area (Å²) in [6.45, 7) is 4.10. The minimum absolute atomic E-state index is 0.0768. The number of amides is 2. The Morgan fingerprint density at radius 1 is 0.960 bits per heavy atom. The first-order chi connectivity index (χ1) is 12.1. The van der Waals surface area contributed by atoms with Gasteiger partial charge in [-0.25, -0.2) is 0 Å². The van der Waals surface area contributed by atoms with Crippen LogP contribution in [0, 0.1) is 0 Å². The molecule has 1 atom stereocenters. The van der Waals surface area contributed by atoms with Crippen LogP contribution in [0.15, 0.2) is 60.7 Å². The molecule has 1 unspecified atom stereocenters. The van der Waals surface area contributed by atoms with Gasteiger partial charge >= 0.3 is 0 Å². The molecule has 0 saturated carbocycles. The van der Waals surface area contributed by atoms with Gasteiger partial charge in [0.05, 0.1) is 11.0 Å². The zero-order valence-electron chi connectivity index (χ0n) is 14.6. The minimum atomic E-state index is -0.528. The Hall–Kier alpha value is -2.27. The molecule has 2 aromatic rings. The SMILES string of the molecule is CCNC(=O)C(C)NC(=O)CSC(c1ccccc1)c1ccccc1. The van der Waals surface area contributed by atoms with Crippen LogP contribution in [0.1, 0.15) is 30.2 Å². The molecular formula is C20H24N2O2S. The average molecular weight is 356 g/mol. The van der Waals surface area contributed by atoms with E-state index in [0.717, 1.165) is 11.1 Å². The second kappa shape index (κ2) is 9.89. The van der Waals surface area contributed by atoms with Crippen molar-refractivity contribution in [3.63, 3.8) is 0 Å². The molecule has 0 fully saturated rings. The summed E-state index contributed by atoms with van der Waals surface area (Å²) in [6, 6.07) is 19.7. The van der Waals surface area contributed by atoms with Crippen molar-refractivity contribution in [3.05, 3.63) is 71.8 Å². The summed E-state index contributed by atoms with van der Waals surface area (Å²) in [5, 5.41) is 5.53. The maximum Gasteiger partial charge on any atom is 0.242 e. The van der Waals surface area contributed by atoms with Crippen molar-refractivity contribution in [1.82, 2.24) is 10.6 Å². The normalized spacial score (nSPS) is 11.8. The van der Waals surface area contributed by atoms with Gasteiger partial charge in [0.2, 0.25) is 11.8 Å². The summed E-state index contributed by atoms with van der Waals surface area (Å²) in [6.07, 6.45) is 0. The molecule has 0 aliphatic heterocycles. The van der Waals surface area contributed by atoms with Crippen LogP contribution < -0.4 is 10.6 Å². The average Bonchev–Trinajstić information content (AvgIpc) is 2.64. The highest BCUT2D eigenvalue weighted by Crippen LogP contribution is 2.35. The predicted molar refractivity (Wildman–Crippen MR) is 103 cm³/mol. The maximum absolute atomic E-state index is 12.2. The van der Waals surface area contributed by atoms with Crippen molar-refractivity contribution in [3.8, 4) is 0 Å². The zero-order valence-corrected chi connectivity index (χ0v) is 15.4. The van der Waals surface area contributed by atoms with E-state index in [2.05, 4.69) is 34.9 Å². The lowest BCUT2D eigenvalue weighted by Crippen LogP contribution is -2.45. The molecule has 5 heteroatoms. The quantitative estimate of drug-likeness (QED) is 0.764. The number of thioether (sulfide) groups is 1. The summed E-state index contributed by atoms with van der Waals surface area (Å²) < 4.78 is 0. The molecule has 0 bridgehead atoms. The zero-order chi connectivity index (χ0) is 18.1. The second-order valence-corrected chi connectivity index (χ2v) is 6.79. The summed E-state index contributed by atoms with van der Waals surface area (Å²) >= 11 is 1.56. The standard InChI is InChI=1S/C20H24N2O2S/c1-3-21-20(24)15(2)22-18(23)14-25-19(16-10-6-4-7-11-16)17-12-8-5-9-13-17/h4-13,15,19H,3,14H2,1-2H3,(H,21,24)(H,22,23). The lowest BCUT2D eigenvalue weighted by atomic mass is 10.0. The van der Waals surface area contributed by atoms with Crippen molar-refractivity contribution in [2.24, 2.45) is 0 Å². The molecule has 0 aliphatic rings. The van der Waals surface area contributed by atoms with E-state index in [1.807, 2.05) is 43.3 Å². The van der Waals surface area contributed by atoms with E-state index in [-0.39, 0.29) is 22.8 Å². The largest absolute Gasteiger partial charge is 0.355 e. The Balaban J connectivity index is 2.01. The summed E-state index contributed by atoms with van der Waals surface area (Å²) in [5.74, 6) is -0.0118. The molecule has 2 aromatic carbocycles. The number of carbonyl (C=O) groups is 2. The van der Waals surface area contributed by atoms with Crippen LogP contribution in [0.4, 0.5) is 0 Å². The molecule has 0 heterocycles. The lowest BCUT2D eigenvalue weighted by molar-refractivity contribution is -0.127. The Morgan fingerprint density at radius 2 is 1.48 bits per heavy atom. The van der Waals surface area contributed by atoms with Crippen LogP contribution in [0.5, 0.6) is 0 Å². The topological polar surface area (TPSA) is 58.2 Å². The van der Waals surface area contributed by atoms with Gasteiger partial charge in [0.1, 0.15) is 6.04 Å². The molecule has 2 amide bonds. The smallest absolute Gasteiger partial charge is 0.242 e. The summed E-state index contributed by atoms with van der Waals surface area (Å²) in [5.41, 5.74) is 2.31. The van der Waals surface area contributed by atoms with Crippen LogP contribution in [-0.2, 0) is 9.59 Å². The Bertz CT molecular complexity index is 637. The highest BCUT2D eigenvalue weighted by atomic mass is 32.2. The third-order valence-electron chi connectivity index (χ3n) is 3.71. The van der Waals surface area contributed by atoms with Crippen molar-refractivity contribution >= 4 is 23.6 Å². The van der Waals surface area contributed by atoms with Crippen LogP contribution in [0.25, 0.3) is 0 Å². The van der Waals surface area contributed by atoms with Crippen LogP contribution in [0.3, 0.4) is 0 Å². The maximum atomic E-state index is 12.2. The summed E-state index contributed by atoms with van der Waals surface area (Å²) in [4.78, 5) is 23.9. The van der Waals surface area contributed by atoms with Crippen LogP contribution in [-0.4, -0.2) is 30.2 Å². The lowest BCUT2D eigenvalue weighted by Gasteiger charge is -2.18. The number of nitrogens with one attached hydrogen (secondary N) is 2. The number of carbonyl (C=O) groups excluding carboxylic acids is 2. The molecule has 0 aliphatic carbocycles. The molecule has 0 spiro atoms. The predicted octanol–water partition coefficient (Wildman–Crippen LogP) is 3.15. The van der Waals surface area contributed by atoms with Crippen LogP contribution in [0.2, 0.25) is 0 Å². The molecule has 132 valence electrons. The molecule has 0 aromatic heterocycles. The molecule has 25 heavy (non-hydrogen) atoms. The Labute approximate surface area is 153 Å². The van der Waals surface area contributed by atoms with E-state index >= 15 is 0 Å². The van der Waals surface area contributed by atoms with E-state index in [4.69, 9.17) is 0 Å². The minimum Gasteiger partial charge on any atom is -0.355 e. The van der Waals surface area contributed by atoms with Gasteiger partial charge in [-0.1, -0.05) is 60.7 Å². The third-order valence-corrected chi connectivity index (χ3v) is 5.01. The van der Waals surface area contributed by atoms with Crippen molar-refractivity contribution < 1.29 is 9.59 Å². The van der Waals surface area contributed by atoms with Gasteiger partial charge in [-0.05, 0) is 25.0 Å². The molecule has 0 radical (unpaired) electrons. The van der Waals surface area contributed by atoms with E-state index in [1.54, 1.807) is 18.7 Å². The molecule has 0 saturated heterocycles. The van der Waals surface area contributed by atoms with E-state index in [1.165, 1.54) is 0 Å². The first-order valence-corrected chi connectivity index (χ1v) is 9.45. The van der Waals surface area contributed by atoms with E-state index in [9.17, 15) is 9.59 Å². The number of benzene rings is 2. The van der Waals surface area contributed by atoms with E-state index in [0.29, 0.717) is 6.54 Å². The third kappa shape index (κ3) is 5.94. The van der Waals surface area contributed by atoms with Gasteiger partial charge in [-0.3, -0.25) is 9.59 Å². The number of likely N-dealkylation sites (N-methyl/N-ethyl adjacent to an activating group) is 1. The molecule has 2 rings (SSSR count). The highest BCUT2D eigenvalue weighted by Gasteiger charge is 2.18.